The van der Waals surface area contributed by atoms with Crippen molar-refractivity contribution in [3.05, 3.63) is 17.3 Å². The van der Waals surface area contributed by atoms with Gasteiger partial charge in [0.15, 0.2) is 0 Å². The Labute approximate surface area is 127 Å². The first kappa shape index (κ1) is 14.2. The Balaban J connectivity index is 1.73. The molecule has 3 rings (SSSR count). The fourth-order valence-corrected chi connectivity index (χ4v) is 3.60. The molecule has 0 spiro atoms. The van der Waals surface area contributed by atoms with Gasteiger partial charge in [-0.15, -0.1) is 11.3 Å². The van der Waals surface area contributed by atoms with Crippen molar-refractivity contribution in [1.82, 2.24) is 20.2 Å². The number of nitrogens with one attached hydrogen (secondary N) is 1. The van der Waals surface area contributed by atoms with Crippen LogP contribution in [0.15, 0.2) is 11.4 Å². The molecule has 2 aromatic heterocycles. The number of hydrogen-bond donors (Lipinski definition) is 2. The Kier molecular flexibility index (Phi) is 4.03. The third-order valence-electron chi connectivity index (χ3n) is 3.89. The number of piperidine rings is 1. The molecule has 1 aliphatic rings. The van der Waals surface area contributed by atoms with Crippen LogP contribution in [0.4, 0.5) is 5.82 Å². The highest BCUT2D eigenvalue weighted by Gasteiger charge is 2.25. The van der Waals surface area contributed by atoms with Gasteiger partial charge in [0.1, 0.15) is 16.5 Å². The second-order valence-corrected chi connectivity index (χ2v) is 6.25. The van der Waals surface area contributed by atoms with Crippen molar-refractivity contribution >= 4 is 33.3 Å². The van der Waals surface area contributed by atoms with Crippen LogP contribution >= 0.6 is 11.3 Å². The standard InChI is InChI=1S/C14H19N5OS/c1-16-13(20)9-3-2-5-19(7-9)8-11-17-12(15)10-4-6-21-14(10)18-11/h4,6,9H,2-3,5,7-8H2,1H3,(H,16,20)(H2,15,17,18). The summed E-state index contributed by atoms with van der Waals surface area (Å²) in [6.45, 7) is 2.37. The van der Waals surface area contributed by atoms with Crippen molar-refractivity contribution in [3.8, 4) is 0 Å². The lowest BCUT2D eigenvalue weighted by atomic mass is 9.97. The van der Waals surface area contributed by atoms with Gasteiger partial charge in [-0.3, -0.25) is 9.69 Å². The molecule has 3 heterocycles. The van der Waals surface area contributed by atoms with E-state index in [4.69, 9.17) is 5.73 Å². The largest absolute Gasteiger partial charge is 0.383 e. The number of carbonyl (C=O) groups excluding carboxylic acids is 1. The smallest absolute Gasteiger partial charge is 0.224 e. The number of anilines is 1. The van der Waals surface area contributed by atoms with Crippen LogP contribution in [0.1, 0.15) is 18.7 Å². The molecule has 1 unspecified atom stereocenters. The molecule has 1 fully saturated rings. The van der Waals surface area contributed by atoms with Crippen LogP contribution in [0.3, 0.4) is 0 Å². The molecule has 21 heavy (non-hydrogen) atoms. The normalized spacial score (nSPS) is 19.8. The highest BCUT2D eigenvalue weighted by Crippen LogP contribution is 2.24. The summed E-state index contributed by atoms with van der Waals surface area (Å²) >= 11 is 1.57. The summed E-state index contributed by atoms with van der Waals surface area (Å²) in [5.41, 5.74) is 5.98. The number of nitrogen functional groups attached to an aromatic ring is 1. The lowest BCUT2D eigenvalue weighted by Gasteiger charge is -2.31. The minimum Gasteiger partial charge on any atom is -0.383 e. The molecule has 7 heteroatoms. The molecule has 1 amide bonds. The Hall–Kier alpha value is -1.73. The molecule has 1 atom stereocenters. The van der Waals surface area contributed by atoms with Gasteiger partial charge in [-0.25, -0.2) is 9.97 Å². The molecule has 0 aromatic carbocycles. The van der Waals surface area contributed by atoms with Gasteiger partial charge in [0, 0.05) is 13.6 Å². The maximum absolute atomic E-state index is 11.8. The van der Waals surface area contributed by atoms with Crippen molar-refractivity contribution in [2.24, 2.45) is 5.92 Å². The van der Waals surface area contributed by atoms with Gasteiger partial charge in [0.2, 0.25) is 5.91 Å². The third-order valence-corrected chi connectivity index (χ3v) is 4.70. The number of nitrogens with two attached hydrogens (primary N) is 1. The van der Waals surface area contributed by atoms with Crippen molar-refractivity contribution in [2.45, 2.75) is 19.4 Å². The highest BCUT2D eigenvalue weighted by atomic mass is 32.1. The van der Waals surface area contributed by atoms with Crippen molar-refractivity contribution in [3.63, 3.8) is 0 Å². The SMILES string of the molecule is CNC(=O)C1CCCN(Cc2nc(N)c3ccsc3n2)C1. The van der Waals surface area contributed by atoms with Gasteiger partial charge >= 0.3 is 0 Å². The number of nitrogens with zero attached hydrogens (tertiary/aromatic N) is 3. The monoisotopic (exact) mass is 305 g/mol. The maximum atomic E-state index is 11.8. The fourth-order valence-electron chi connectivity index (χ4n) is 2.81. The van der Waals surface area contributed by atoms with Gasteiger partial charge in [-0.2, -0.15) is 0 Å². The molecule has 0 saturated carbocycles. The summed E-state index contributed by atoms with van der Waals surface area (Å²) in [5.74, 6) is 1.46. The molecule has 0 aliphatic carbocycles. The first-order valence-electron chi connectivity index (χ1n) is 7.11. The number of carbonyl (C=O) groups is 1. The quantitative estimate of drug-likeness (QED) is 0.891. The summed E-state index contributed by atoms with van der Waals surface area (Å²) < 4.78 is 0. The van der Waals surface area contributed by atoms with Crippen LogP contribution in [0.2, 0.25) is 0 Å². The summed E-state index contributed by atoms with van der Waals surface area (Å²) in [7, 11) is 1.69. The van der Waals surface area contributed by atoms with Crippen LogP contribution in [-0.4, -0.2) is 40.9 Å². The van der Waals surface area contributed by atoms with E-state index >= 15 is 0 Å². The lowest BCUT2D eigenvalue weighted by Crippen LogP contribution is -2.41. The van der Waals surface area contributed by atoms with Gasteiger partial charge in [-0.1, -0.05) is 0 Å². The van der Waals surface area contributed by atoms with Gasteiger partial charge in [0.25, 0.3) is 0 Å². The maximum Gasteiger partial charge on any atom is 0.224 e. The van der Waals surface area contributed by atoms with E-state index in [2.05, 4.69) is 20.2 Å². The average Bonchev–Trinajstić information content (AvgIpc) is 2.95. The van der Waals surface area contributed by atoms with Crippen molar-refractivity contribution in [1.29, 1.82) is 0 Å². The number of aromatic nitrogens is 2. The van der Waals surface area contributed by atoms with Crippen LogP contribution in [0.5, 0.6) is 0 Å². The topological polar surface area (TPSA) is 84.1 Å². The number of fused-ring (bicyclic) bond motifs is 1. The Morgan fingerprint density at radius 1 is 1.57 bits per heavy atom. The molecule has 6 nitrogen and oxygen atoms in total. The lowest BCUT2D eigenvalue weighted by molar-refractivity contribution is -0.126. The summed E-state index contributed by atoms with van der Waals surface area (Å²) in [6.07, 6.45) is 1.97. The second kappa shape index (κ2) is 5.95. The minimum atomic E-state index is 0.0616. The van der Waals surface area contributed by atoms with Crippen LogP contribution < -0.4 is 11.1 Å². The molecule has 0 bridgehead atoms. The molecule has 2 aromatic rings. The predicted octanol–water partition coefficient (Wildman–Crippen LogP) is 1.23. The average molecular weight is 305 g/mol. The van der Waals surface area contributed by atoms with E-state index in [0.717, 1.165) is 42.0 Å². The fraction of sp³-hybridized carbons (Fsp3) is 0.500. The first-order valence-corrected chi connectivity index (χ1v) is 7.99. The summed E-state index contributed by atoms with van der Waals surface area (Å²) in [5, 5.41) is 5.63. The summed E-state index contributed by atoms with van der Waals surface area (Å²) in [6, 6.07) is 1.95. The van der Waals surface area contributed by atoms with Gasteiger partial charge < -0.3 is 11.1 Å². The molecule has 112 valence electrons. The van der Waals surface area contributed by atoms with E-state index in [0.29, 0.717) is 12.4 Å². The Bertz CT molecular complexity index is 656. The number of hydrogen-bond acceptors (Lipinski definition) is 6. The van der Waals surface area contributed by atoms with E-state index in [9.17, 15) is 4.79 Å². The van der Waals surface area contributed by atoms with Gasteiger partial charge in [0.05, 0.1) is 17.8 Å². The number of thiophene rings is 1. The van der Waals surface area contributed by atoms with Gasteiger partial charge in [-0.05, 0) is 30.8 Å². The highest BCUT2D eigenvalue weighted by molar-refractivity contribution is 7.16. The zero-order valence-corrected chi connectivity index (χ0v) is 12.8. The van der Waals surface area contributed by atoms with Crippen LogP contribution in [0.25, 0.3) is 10.2 Å². The number of likely N-dealkylation sites (tertiary alicyclic amines) is 1. The van der Waals surface area contributed by atoms with E-state index in [-0.39, 0.29) is 11.8 Å². The molecular formula is C14H19N5OS. The van der Waals surface area contributed by atoms with Crippen molar-refractivity contribution < 1.29 is 4.79 Å². The second-order valence-electron chi connectivity index (χ2n) is 5.35. The molecule has 0 radical (unpaired) electrons. The van der Waals surface area contributed by atoms with E-state index in [1.54, 1.807) is 18.4 Å². The first-order chi connectivity index (χ1) is 10.2. The predicted molar refractivity (Wildman–Crippen MR) is 83.9 cm³/mol. The third kappa shape index (κ3) is 2.98. The summed E-state index contributed by atoms with van der Waals surface area (Å²) in [4.78, 5) is 23.9. The minimum absolute atomic E-state index is 0.0616. The number of amides is 1. The molecule has 3 N–H and O–H groups in total. The van der Waals surface area contributed by atoms with E-state index in [1.165, 1.54) is 0 Å². The zero-order valence-electron chi connectivity index (χ0n) is 12.0. The van der Waals surface area contributed by atoms with Crippen molar-refractivity contribution in [2.75, 3.05) is 25.9 Å². The molecule has 1 aliphatic heterocycles. The van der Waals surface area contributed by atoms with E-state index < -0.39 is 0 Å². The zero-order chi connectivity index (χ0) is 14.8. The molecule has 1 saturated heterocycles. The van der Waals surface area contributed by atoms with Crippen LogP contribution in [-0.2, 0) is 11.3 Å². The number of rotatable bonds is 3. The Morgan fingerprint density at radius 2 is 2.43 bits per heavy atom. The Morgan fingerprint density at radius 3 is 3.24 bits per heavy atom. The van der Waals surface area contributed by atoms with Crippen LogP contribution in [0, 0.1) is 5.92 Å². The molecular weight excluding hydrogens is 286 g/mol. The van der Waals surface area contributed by atoms with E-state index in [1.807, 2.05) is 11.4 Å².